The summed E-state index contributed by atoms with van der Waals surface area (Å²) < 4.78 is 34.1. The van der Waals surface area contributed by atoms with Crippen molar-refractivity contribution in [2.75, 3.05) is 49.3 Å². The van der Waals surface area contributed by atoms with E-state index in [2.05, 4.69) is 63.1 Å². The number of alkyl halides is 3. The van der Waals surface area contributed by atoms with Gasteiger partial charge in [-0.1, -0.05) is 47.8 Å². The summed E-state index contributed by atoms with van der Waals surface area (Å²) in [6, 6.07) is 0. The normalized spacial score (nSPS) is 15.0. The zero-order chi connectivity index (χ0) is 44.1. The highest BCUT2D eigenvalue weighted by Crippen LogP contribution is 2.41. The molecule has 1 aliphatic rings. The number of H-pyrrole nitrogens is 2. The van der Waals surface area contributed by atoms with Gasteiger partial charge in [-0.25, -0.2) is 4.79 Å². The van der Waals surface area contributed by atoms with Crippen LogP contribution in [-0.2, 0) is 105 Å². The van der Waals surface area contributed by atoms with E-state index in [1.807, 2.05) is 0 Å². The Morgan fingerprint density at radius 2 is 1.12 bits per heavy atom. The Kier molecular flexibility index (Phi) is 18.4. The number of hydrogen-bond acceptors (Lipinski definition) is 15. The van der Waals surface area contributed by atoms with Crippen LogP contribution in [0.15, 0.2) is 17.3 Å². The lowest BCUT2D eigenvalue weighted by Crippen LogP contribution is -2.49. The molecule has 2 aromatic heterocycles. The van der Waals surface area contributed by atoms with Gasteiger partial charge in [-0.2, -0.15) is 0 Å². The van der Waals surface area contributed by atoms with E-state index in [1.54, 1.807) is 6.20 Å². The molecule has 0 saturated heterocycles. The molecule has 1 amide bonds. The number of aromatic amines is 2. The fourth-order valence-electron chi connectivity index (χ4n) is 6.79. The monoisotopic (exact) mass is 1020 g/mol. The van der Waals surface area contributed by atoms with Gasteiger partial charge >= 0.3 is 41.8 Å². The van der Waals surface area contributed by atoms with Crippen LogP contribution in [0.25, 0.3) is 0 Å². The summed E-state index contributed by atoms with van der Waals surface area (Å²) in [6.45, 7) is -0.229. The predicted molar refractivity (Wildman–Crippen MR) is 217 cm³/mol. The van der Waals surface area contributed by atoms with Crippen LogP contribution in [0.5, 0.6) is 0 Å². The van der Waals surface area contributed by atoms with E-state index < -0.39 is 68.2 Å². The number of carbonyl (C=O) groups is 8. The maximum Gasteiger partial charge on any atom is 0.355 e. The number of nitrogens with one attached hydrogen (secondary N) is 3. The van der Waals surface area contributed by atoms with E-state index in [-0.39, 0.29) is 98.1 Å². The highest BCUT2D eigenvalue weighted by molar-refractivity contribution is 9.39. The van der Waals surface area contributed by atoms with E-state index in [9.17, 15) is 38.4 Å². The number of aromatic nitrogens is 2. The lowest BCUT2D eigenvalue weighted by molar-refractivity contribution is -0.141. The third-order valence-electron chi connectivity index (χ3n) is 9.66. The number of ether oxygens (including phenoxy) is 7. The molecule has 3 heterocycles. The van der Waals surface area contributed by atoms with Crippen LogP contribution >= 0.6 is 47.8 Å². The second-order valence-electron chi connectivity index (χ2n) is 13.2. The average molecular weight is 1020 g/mol. The summed E-state index contributed by atoms with van der Waals surface area (Å²) in [5.41, 5.74) is 0.778. The summed E-state index contributed by atoms with van der Waals surface area (Å²) in [4.78, 5) is 110. The first-order chi connectivity index (χ1) is 27.8. The Labute approximate surface area is 364 Å². The first-order valence-electron chi connectivity index (χ1n) is 18.0. The van der Waals surface area contributed by atoms with E-state index in [4.69, 9.17) is 33.2 Å². The fourth-order valence-corrected chi connectivity index (χ4v) is 7.13. The minimum atomic E-state index is -1.59. The second kappa shape index (κ2) is 22.2. The molecule has 3 N–H and O–H groups in total. The van der Waals surface area contributed by atoms with Gasteiger partial charge in [0, 0.05) is 55.3 Å². The van der Waals surface area contributed by atoms with Crippen LogP contribution in [0.1, 0.15) is 76.2 Å². The first kappa shape index (κ1) is 48.9. The molecule has 0 fully saturated rings. The Morgan fingerprint density at radius 3 is 1.66 bits per heavy atom. The Morgan fingerprint density at radius 1 is 0.627 bits per heavy atom. The molecule has 0 radical (unpaired) electrons. The molecule has 0 spiro atoms. The first-order valence-corrected chi connectivity index (χ1v) is 20.3. The standard InChI is InChI=1S/C38H46Br3N3O15/c1-53-28(45)10-7-21-20(13-31(48)56-4)18-42-26(21)16-37(25(15-33(50)58-6)23(35(51)44-37)9-12-30(47)55-3)17-27-24(14-32(49)57-5)22(8-11-29(46)54-2)34(43-27)36(52)59-19-38(39,40)41/h18,42-43H,7-17,19H2,1-6H3,(H,44,51)/t37-/m1/s1. The number of esters is 7. The number of amides is 1. The fraction of sp³-hybridized carbons (Fsp3) is 0.526. The molecule has 0 bridgehead atoms. The Balaban J connectivity index is 2.43. The number of methoxy groups -OCH3 is 6. The predicted octanol–water partition coefficient (Wildman–Crippen LogP) is 3.45. The number of hydrogen-bond donors (Lipinski definition) is 3. The van der Waals surface area contributed by atoms with Crippen molar-refractivity contribution in [3.8, 4) is 0 Å². The number of rotatable bonds is 21. The van der Waals surface area contributed by atoms with Crippen molar-refractivity contribution in [2.24, 2.45) is 0 Å². The molecule has 324 valence electrons. The molecular weight excluding hydrogens is 978 g/mol. The Hall–Kier alpha value is -4.50. The average Bonchev–Trinajstić information content (AvgIpc) is 3.82. The molecule has 59 heavy (non-hydrogen) atoms. The highest BCUT2D eigenvalue weighted by Gasteiger charge is 2.47. The van der Waals surface area contributed by atoms with Gasteiger partial charge < -0.3 is 48.4 Å². The van der Waals surface area contributed by atoms with Crippen molar-refractivity contribution in [1.82, 2.24) is 15.3 Å². The van der Waals surface area contributed by atoms with E-state index in [1.165, 1.54) is 42.7 Å². The van der Waals surface area contributed by atoms with Crippen LogP contribution in [-0.4, -0.2) is 115 Å². The van der Waals surface area contributed by atoms with Gasteiger partial charge in [0.05, 0.1) is 67.5 Å². The largest absolute Gasteiger partial charge is 0.469 e. The molecule has 2 aromatic rings. The Bertz CT molecular complexity index is 1960. The summed E-state index contributed by atoms with van der Waals surface area (Å²) in [5.74, 6) is -5.25. The van der Waals surface area contributed by atoms with Crippen LogP contribution in [0.3, 0.4) is 0 Å². The van der Waals surface area contributed by atoms with Crippen molar-refractivity contribution in [3.05, 3.63) is 56.7 Å². The van der Waals surface area contributed by atoms with Crippen LogP contribution in [0.4, 0.5) is 0 Å². The maximum absolute atomic E-state index is 14.1. The van der Waals surface area contributed by atoms with Crippen molar-refractivity contribution >= 4 is 95.5 Å². The molecule has 0 saturated carbocycles. The van der Waals surface area contributed by atoms with Crippen molar-refractivity contribution in [1.29, 1.82) is 0 Å². The lowest BCUT2D eigenvalue weighted by atomic mass is 9.77. The van der Waals surface area contributed by atoms with Gasteiger partial charge in [-0.05, 0) is 47.1 Å². The minimum absolute atomic E-state index is 0.0858. The topological polar surface area (TPSA) is 245 Å². The number of halogens is 3. The minimum Gasteiger partial charge on any atom is -0.469 e. The molecule has 0 aromatic carbocycles. The van der Waals surface area contributed by atoms with Crippen molar-refractivity contribution in [3.63, 3.8) is 0 Å². The molecule has 21 heteroatoms. The third kappa shape index (κ3) is 13.5. The molecule has 18 nitrogen and oxygen atoms in total. The summed E-state index contributed by atoms with van der Waals surface area (Å²) in [6.07, 6.45) is -0.487. The molecule has 0 unspecified atom stereocenters. The SMILES string of the molecule is COC(=O)CCC1=C(CC(=O)OC)[C@@](Cc2[nH]cc(CC(=O)OC)c2CCC(=O)OC)(Cc2[nH]c(C(=O)OCC(Br)(Br)Br)c(CCC(=O)OC)c2CC(=O)OC)NC1=O. The third-order valence-corrected chi connectivity index (χ3v) is 10.3. The maximum atomic E-state index is 14.1. The van der Waals surface area contributed by atoms with Gasteiger partial charge in [-0.15, -0.1) is 0 Å². The zero-order valence-electron chi connectivity index (χ0n) is 33.3. The molecule has 3 rings (SSSR count). The quantitative estimate of drug-likeness (QED) is 0.0922. The van der Waals surface area contributed by atoms with Gasteiger partial charge in [0.25, 0.3) is 0 Å². The van der Waals surface area contributed by atoms with Crippen LogP contribution < -0.4 is 5.32 Å². The van der Waals surface area contributed by atoms with Gasteiger partial charge in [0.1, 0.15) is 12.3 Å². The summed E-state index contributed by atoms with van der Waals surface area (Å²) >= 11 is 9.87. The smallest absolute Gasteiger partial charge is 0.355 e. The lowest BCUT2D eigenvalue weighted by Gasteiger charge is -2.33. The molecular formula is C38H46Br3N3O15. The van der Waals surface area contributed by atoms with Crippen LogP contribution in [0.2, 0.25) is 0 Å². The number of carbonyl (C=O) groups excluding carboxylic acids is 8. The van der Waals surface area contributed by atoms with E-state index in [0.29, 0.717) is 16.8 Å². The van der Waals surface area contributed by atoms with Gasteiger partial charge in [-0.3, -0.25) is 33.6 Å². The van der Waals surface area contributed by atoms with E-state index in [0.717, 1.165) is 0 Å². The van der Waals surface area contributed by atoms with Crippen molar-refractivity contribution < 1.29 is 71.5 Å². The van der Waals surface area contributed by atoms with Crippen LogP contribution in [0, 0.1) is 0 Å². The molecule has 0 aliphatic carbocycles. The van der Waals surface area contributed by atoms with Crippen molar-refractivity contribution in [2.45, 2.75) is 78.3 Å². The van der Waals surface area contributed by atoms with Gasteiger partial charge in [0.2, 0.25) is 5.91 Å². The highest BCUT2D eigenvalue weighted by atomic mass is 80.0. The zero-order valence-corrected chi connectivity index (χ0v) is 38.1. The second-order valence-corrected chi connectivity index (χ2v) is 20.5. The molecule has 1 aliphatic heterocycles. The molecule has 1 atom stereocenters. The van der Waals surface area contributed by atoms with E-state index >= 15 is 0 Å². The summed E-state index contributed by atoms with van der Waals surface area (Å²) in [5, 5.41) is 3.04. The van der Waals surface area contributed by atoms with Gasteiger partial charge in [0.15, 0.2) is 2.14 Å². The summed E-state index contributed by atoms with van der Waals surface area (Å²) in [7, 11) is 7.21.